The van der Waals surface area contributed by atoms with Gasteiger partial charge in [0, 0.05) is 18.5 Å². The molecule has 90 valence electrons. The van der Waals surface area contributed by atoms with Crippen LogP contribution in [0, 0.1) is 0 Å². The van der Waals surface area contributed by atoms with Crippen molar-refractivity contribution in [1.29, 1.82) is 0 Å². The molecule has 0 saturated heterocycles. The van der Waals surface area contributed by atoms with Gasteiger partial charge in [-0.25, -0.2) is 4.98 Å². The zero-order valence-corrected chi connectivity index (χ0v) is 10.3. The van der Waals surface area contributed by atoms with Crippen LogP contribution in [0.3, 0.4) is 0 Å². The van der Waals surface area contributed by atoms with E-state index in [0.29, 0.717) is 24.0 Å². The third-order valence-corrected chi connectivity index (χ3v) is 2.49. The molecule has 0 aromatic carbocycles. The van der Waals surface area contributed by atoms with Crippen LogP contribution in [0.2, 0.25) is 0 Å². The van der Waals surface area contributed by atoms with Crippen molar-refractivity contribution >= 4 is 22.4 Å². The molecule has 1 rings (SSSR count). The van der Waals surface area contributed by atoms with Crippen molar-refractivity contribution < 1.29 is 9.53 Å². The summed E-state index contributed by atoms with van der Waals surface area (Å²) in [6, 6.07) is 0. The van der Waals surface area contributed by atoms with Crippen LogP contribution in [0.5, 0.6) is 0 Å². The maximum atomic E-state index is 11.5. The molecule has 0 bridgehead atoms. The van der Waals surface area contributed by atoms with Crippen LogP contribution in [0.1, 0.15) is 30.8 Å². The monoisotopic (exact) mass is 243 g/mol. The van der Waals surface area contributed by atoms with E-state index >= 15 is 0 Å². The van der Waals surface area contributed by atoms with Gasteiger partial charge in [-0.15, -0.1) is 11.3 Å². The summed E-state index contributed by atoms with van der Waals surface area (Å²) in [5, 5.41) is 4.81. The highest BCUT2D eigenvalue weighted by Crippen LogP contribution is 2.10. The predicted molar refractivity (Wildman–Crippen MR) is 64.6 cm³/mol. The first-order chi connectivity index (χ1) is 7.59. The summed E-state index contributed by atoms with van der Waals surface area (Å²) < 4.78 is 5.35. The Morgan fingerprint density at radius 3 is 3.00 bits per heavy atom. The van der Waals surface area contributed by atoms with Gasteiger partial charge in [-0.1, -0.05) is 0 Å². The van der Waals surface area contributed by atoms with Crippen molar-refractivity contribution in [2.45, 2.75) is 26.4 Å². The van der Waals surface area contributed by atoms with Crippen molar-refractivity contribution in [3.8, 4) is 0 Å². The average molecular weight is 243 g/mol. The van der Waals surface area contributed by atoms with Crippen molar-refractivity contribution in [2.24, 2.45) is 0 Å². The van der Waals surface area contributed by atoms with E-state index in [0.717, 1.165) is 6.42 Å². The molecule has 0 spiro atoms. The summed E-state index contributed by atoms with van der Waals surface area (Å²) in [6.07, 6.45) is 1.03. The number of anilines is 1. The van der Waals surface area contributed by atoms with E-state index < -0.39 is 0 Å². The van der Waals surface area contributed by atoms with E-state index in [1.54, 1.807) is 5.38 Å². The molecule has 0 aliphatic heterocycles. The van der Waals surface area contributed by atoms with Crippen LogP contribution < -0.4 is 11.1 Å². The lowest BCUT2D eigenvalue weighted by molar-refractivity contribution is 0.0756. The first-order valence-electron chi connectivity index (χ1n) is 5.20. The molecule has 1 aromatic heterocycles. The number of thiazole rings is 1. The lowest BCUT2D eigenvalue weighted by Gasteiger charge is -2.07. The minimum absolute atomic E-state index is 0.183. The third kappa shape index (κ3) is 4.59. The zero-order chi connectivity index (χ0) is 12.0. The molecule has 0 fully saturated rings. The Bertz CT molecular complexity index is 339. The molecule has 6 heteroatoms. The minimum Gasteiger partial charge on any atom is -0.379 e. The second kappa shape index (κ2) is 6.44. The van der Waals surface area contributed by atoms with Crippen LogP contribution in [-0.2, 0) is 4.74 Å². The van der Waals surface area contributed by atoms with E-state index in [1.807, 2.05) is 13.8 Å². The Hall–Kier alpha value is -1.14. The maximum Gasteiger partial charge on any atom is 0.270 e. The molecular weight excluding hydrogens is 226 g/mol. The highest BCUT2D eigenvalue weighted by Gasteiger charge is 2.08. The van der Waals surface area contributed by atoms with E-state index in [2.05, 4.69) is 10.3 Å². The fourth-order valence-electron chi connectivity index (χ4n) is 1.08. The lowest BCUT2D eigenvalue weighted by atomic mass is 10.4. The SMILES string of the molecule is CC(C)OCCCNC(=O)c1csc(N)n1. The van der Waals surface area contributed by atoms with Gasteiger partial charge in [-0.2, -0.15) is 0 Å². The minimum atomic E-state index is -0.183. The molecule has 0 radical (unpaired) electrons. The first-order valence-corrected chi connectivity index (χ1v) is 6.08. The van der Waals surface area contributed by atoms with Gasteiger partial charge in [-0.3, -0.25) is 4.79 Å². The van der Waals surface area contributed by atoms with Gasteiger partial charge in [0.15, 0.2) is 5.13 Å². The van der Waals surface area contributed by atoms with Gasteiger partial charge in [0.1, 0.15) is 5.69 Å². The number of carbonyl (C=O) groups excluding carboxylic acids is 1. The molecule has 1 heterocycles. The van der Waals surface area contributed by atoms with Crippen LogP contribution >= 0.6 is 11.3 Å². The maximum absolute atomic E-state index is 11.5. The van der Waals surface area contributed by atoms with Crippen molar-refractivity contribution in [2.75, 3.05) is 18.9 Å². The Morgan fingerprint density at radius 2 is 2.44 bits per heavy atom. The van der Waals surface area contributed by atoms with Gasteiger partial charge in [0.05, 0.1) is 6.10 Å². The molecule has 0 saturated carbocycles. The summed E-state index contributed by atoms with van der Waals surface area (Å²) >= 11 is 1.26. The van der Waals surface area contributed by atoms with Gasteiger partial charge >= 0.3 is 0 Å². The Labute approximate surface area is 99.0 Å². The third-order valence-electron chi connectivity index (χ3n) is 1.81. The van der Waals surface area contributed by atoms with Gasteiger partial charge < -0.3 is 15.8 Å². The number of nitrogen functional groups attached to an aromatic ring is 1. The summed E-state index contributed by atoms with van der Waals surface area (Å²) in [4.78, 5) is 15.4. The van der Waals surface area contributed by atoms with Crippen LogP contribution in [0.15, 0.2) is 5.38 Å². The second-order valence-electron chi connectivity index (χ2n) is 3.60. The number of nitrogens with one attached hydrogen (secondary N) is 1. The summed E-state index contributed by atoms with van der Waals surface area (Å²) in [7, 11) is 0. The van der Waals surface area contributed by atoms with Crippen LogP contribution in [-0.4, -0.2) is 30.1 Å². The summed E-state index contributed by atoms with van der Waals surface area (Å²) in [6.45, 7) is 5.20. The molecule has 0 aliphatic rings. The lowest BCUT2D eigenvalue weighted by Crippen LogP contribution is -2.25. The molecule has 0 atom stereocenters. The quantitative estimate of drug-likeness (QED) is 0.738. The molecule has 0 unspecified atom stereocenters. The van der Waals surface area contributed by atoms with Gasteiger partial charge in [-0.05, 0) is 20.3 Å². The molecule has 16 heavy (non-hydrogen) atoms. The number of nitrogens with zero attached hydrogens (tertiary/aromatic N) is 1. The smallest absolute Gasteiger partial charge is 0.270 e. The van der Waals surface area contributed by atoms with Crippen LogP contribution in [0.4, 0.5) is 5.13 Å². The molecule has 5 nitrogen and oxygen atoms in total. The van der Waals surface area contributed by atoms with Crippen molar-refractivity contribution in [3.63, 3.8) is 0 Å². The highest BCUT2D eigenvalue weighted by atomic mass is 32.1. The second-order valence-corrected chi connectivity index (χ2v) is 4.49. The van der Waals surface area contributed by atoms with E-state index in [4.69, 9.17) is 10.5 Å². The summed E-state index contributed by atoms with van der Waals surface area (Å²) in [5.41, 5.74) is 5.82. The number of nitrogens with two attached hydrogens (primary N) is 1. The Morgan fingerprint density at radius 1 is 1.69 bits per heavy atom. The number of rotatable bonds is 6. The number of hydrogen-bond donors (Lipinski definition) is 2. The predicted octanol–water partition coefficient (Wildman–Crippen LogP) is 1.27. The van der Waals surface area contributed by atoms with E-state index in [1.165, 1.54) is 11.3 Å². The highest BCUT2D eigenvalue weighted by molar-refractivity contribution is 7.13. The number of carbonyl (C=O) groups is 1. The van der Waals surface area contributed by atoms with Gasteiger partial charge in [0.2, 0.25) is 0 Å². The standard InChI is InChI=1S/C10H17N3O2S/c1-7(2)15-5-3-4-12-9(14)8-6-16-10(11)13-8/h6-7H,3-5H2,1-2H3,(H2,11,13)(H,12,14). The normalized spacial score (nSPS) is 10.7. The first kappa shape index (κ1) is 12.9. The van der Waals surface area contributed by atoms with E-state index in [-0.39, 0.29) is 12.0 Å². The molecule has 1 amide bonds. The average Bonchev–Trinajstić information content (AvgIpc) is 2.63. The van der Waals surface area contributed by atoms with Crippen molar-refractivity contribution in [1.82, 2.24) is 10.3 Å². The molecule has 1 aromatic rings. The van der Waals surface area contributed by atoms with Crippen molar-refractivity contribution in [3.05, 3.63) is 11.1 Å². The molecule has 0 aliphatic carbocycles. The van der Waals surface area contributed by atoms with Gasteiger partial charge in [0.25, 0.3) is 5.91 Å². The zero-order valence-electron chi connectivity index (χ0n) is 9.53. The van der Waals surface area contributed by atoms with E-state index in [9.17, 15) is 4.79 Å². The molecular formula is C10H17N3O2S. The topological polar surface area (TPSA) is 77.2 Å². The largest absolute Gasteiger partial charge is 0.379 e. The number of aromatic nitrogens is 1. The van der Waals surface area contributed by atoms with Crippen LogP contribution in [0.25, 0.3) is 0 Å². The fourth-order valence-corrected chi connectivity index (χ4v) is 1.62. The number of hydrogen-bond acceptors (Lipinski definition) is 5. The fraction of sp³-hybridized carbons (Fsp3) is 0.600. The number of ether oxygens (including phenoxy) is 1. The Balaban J connectivity index is 2.16. The summed E-state index contributed by atoms with van der Waals surface area (Å²) in [5.74, 6) is -0.183. The number of amides is 1. The molecule has 3 N–H and O–H groups in total. The Kier molecular flexibility index (Phi) is 5.21.